The molecule has 1 aromatic heterocycles. The predicted molar refractivity (Wildman–Crippen MR) is 130 cm³/mol. The highest BCUT2D eigenvalue weighted by Crippen LogP contribution is 2.43. The van der Waals surface area contributed by atoms with Gasteiger partial charge in [-0.15, -0.1) is 11.3 Å². The number of phenolic OH excluding ortho intramolecular Hbond substituents is 1. The zero-order valence-electron chi connectivity index (χ0n) is 18.1. The van der Waals surface area contributed by atoms with Crippen LogP contribution >= 0.6 is 11.3 Å². The van der Waals surface area contributed by atoms with Crippen molar-refractivity contribution >= 4 is 39.3 Å². The molecule has 0 fully saturated rings. The van der Waals surface area contributed by atoms with Crippen LogP contribution in [0, 0.1) is 6.92 Å². The number of aryl methyl sites for hydroxylation is 1. The van der Waals surface area contributed by atoms with Gasteiger partial charge in [0.05, 0.1) is 13.7 Å². The molecule has 0 saturated carbocycles. The Labute approximate surface area is 190 Å². The summed E-state index contributed by atoms with van der Waals surface area (Å²) in [6.45, 7) is 4.03. The van der Waals surface area contributed by atoms with Crippen LogP contribution in [0.3, 0.4) is 0 Å². The monoisotopic (exact) mass is 445 g/mol. The first-order valence-electron chi connectivity index (χ1n) is 10.2. The van der Waals surface area contributed by atoms with Gasteiger partial charge in [0.1, 0.15) is 22.1 Å². The lowest BCUT2D eigenvalue weighted by molar-refractivity contribution is 0.0528. The van der Waals surface area contributed by atoms with Gasteiger partial charge in [0.2, 0.25) is 0 Å². The van der Waals surface area contributed by atoms with Gasteiger partial charge in [-0.25, -0.2) is 9.79 Å². The summed E-state index contributed by atoms with van der Waals surface area (Å²) >= 11 is 1.43. The minimum Gasteiger partial charge on any atom is -0.507 e. The predicted octanol–water partition coefficient (Wildman–Crippen LogP) is 6.52. The number of phenols is 1. The molecule has 5 nitrogen and oxygen atoms in total. The molecule has 6 heteroatoms. The highest BCUT2D eigenvalue weighted by atomic mass is 32.1. The van der Waals surface area contributed by atoms with Gasteiger partial charge >= 0.3 is 5.97 Å². The van der Waals surface area contributed by atoms with Gasteiger partial charge < -0.3 is 14.6 Å². The van der Waals surface area contributed by atoms with Crippen molar-refractivity contribution in [1.82, 2.24) is 0 Å². The number of esters is 1. The highest BCUT2D eigenvalue weighted by molar-refractivity contribution is 7.16. The maximum atomic E-state index is 12.9. The standard InChI is InChI=1S/C26H23NO4S/c1-4-31-26(29)24-23(19-10-9-18-14-21(30-3)12-11-17(18)13-19)16(2)32-25(24)27-15-20-7-5-6-8-22(20)28/h5-15,28H,4H2,1-3H3. The zero-order chi connectivity index (χ0) is 22.7. The average molecular weight is 446 g/mol. The second-order valence-corrected chi connectivity index (χ2v) is 8.38. The van der Waals surface area contributed by atoms with E-state index in [-0.39, 0.29) is 12.4 Å². The Kier molecular flexibility index (Phi) is 6.23. The molecule has 0 radical (unpaired) electrons. The van der Waals surface area contributed by atoms with E-state index in [1.807, 2.05) is 43.3 Å². The van der Waals surface area contributed by atoms with E-state index in [9.17, 15) is 9.90 Å². The number of carbonyl (C=O) groups excluding carboxylic acids is 1. The van der Waals surface area contributed by atoms with Gasteiger partial charge in [-0.2, -0.15) is 0 Å². The number of fused-ring (bicyclic) bond motifs is 1. The molecule has 32 heavy (non-hydrogen) atoms. The van der Waals surface area contributed by atoms with E-state index in [1.54, 1.807) is 38.4 Å². The third kappa shape index (κ3) is 4.22. The van der Waals surface area contributed by atoms with Gasteiger partial charge in [0, 0.05) is 22.2 Å². The molecular formula is C26H23NO4S. The SMILES string of the molecule is CCOC(=O)c1c(N=Cc2ccccc2O)sc(C)c1-c1ccc2cc(OC)ccc2c1. The van der Waals surface area contributed by atoms with Crippen molar-refractivity contribution in [2.75, 3.05) is 13.7 Å². The van der Waals surface area contributed by atoms with Crippen LogP contribution in [0.5, 0.6) is 11.5 Å². The topological polar surface area (TPSA) is 68.1 Å². The summed E-state index contributed by atoms with van der Waals surface area (Å²) in [5.41, 5.74) is 2.75. The normalized spacial score (nSPS) is 11.2. The summed E-state index contributed by atoms with van der Waals surface area (Å²) < 4.78 is 10.7. The summed E-state index contributed by atoms with van der Waals surface area (Å²) in [6, 6.07) is 18.9. The number of methoxy groups -OCH3 is 1. The second-order valence-electron chi connectivity index (χ2n) is 7.18. The maximum absolute atomic E-state index is 12.9. The Morgan fingerprint density at radius 2 is 1.84 bits per heavy atom. The largest absolute Gasteiger partial charge is 0.507 e. The summed E-state index contributed by atoms with van der Waals surface area (Å²) in [4.78, 5) is 18.5. The van der Waals surface area contributed by atoms with Crippen LogP contribution in [0.2, 0.25) is 0 Å². The third-order valence-electron chi connectivity index (χ3n) is 5.14. The number of ether oxygens (including phenoxy) is 2. The first-order chi connectivity index (χ1) is 15.5. The number of hydrogen-bond donors (Lipinski definition) is 1. The molecule has 0 spiro atoms. The lowest BCUT2D eigenvalue weighted by atomic mass is 9.98. The van der Waals surface area contributed by atoms with E-state index < -0.39 is 5.97 Å². The number of nitrogens with zero attached hydrogens (tertiary/aromatic N) is 1. The first-order valence-corrected chi connectivity index (χ1v) is 11.0. The second kappa shape index (κ2) is 9.24. The van der Waals surface area contributed by atoms with E-state index in [4.69, 9.17) is 9.47 Å². The van der Waals surface area contributed by atoms with Crippen LogP contribution in [-0.2, 0) is 4.74 Å². The van der Waals surface area contributed by atoms with Gasteiger partial charge in [-0.05, 0) is 60.5 Å². The quantitative estimate of drug-likeness (QED) is 0.271. The molecule has 0 unspecified atom stereocenters. The van der Waals surface area contributed by atoms with E-state index in [0.29, 0.717) is 16.1 Å². The van der Waals surface area contributed by atoms with Crippen LogP contribution < -0.4 is 4.74 Å². The van der Waals surface area contributed by atoms with Gasteiger partial charge in [0.25, 0.3) is 0 Å². The smallest absolute Gasteiger partial charge is 0.341 e. The van der Waals surface area contributed by atoms with Gasteiger partial charge in [0.15, 0.2) is 0 Å². The Morgan fingerprint density at radius 3 is 2.59 bits per heavy atom. The van der Waals surface area contributed by atoms with Crippen LogP contribution in [0.4, 0.5) is 5.00 Å². The van der Waals surface area contributed by atoms with E-state index in [1.165, 1.54) is 11.3 Å². The van der Waals surface area contributed by atoms with Gasteiger partial charge in [-0.3, -0.25) is 0 Å². The zero-order valence-corrected chi connectivity index (χ0v) is 18.9. The molecular weight excluding hydrogens is 422 g/mol. The number of benzene rings is 3. The fourth-order valence-electron chi connectivity index (χ4n) is 3.59. The number of aromatic hydroxyl groups is 1. The minimum atomic E-state index is -0.411. The molecule has 0 bridgehead atoms. The number of thiophene rings is 1. The molecule has 0 amide bonds. The number of para-hydroxylation sites is 1. The van der Waals surface area contributed by atoms with Crippen molar-refractivity contribution in [2.24, 2.45) is 4.99 Å². The van der Waals surface area contributed by atoms with Crippen molar-refractivity contribution in [3.63, 3.8) is 0 Å². The molecule has 0 saturated heterocycles. The van der Waals surface area contributed by atoms with Crippen molar-refractivity contribution in [1.29, 1.82) is 0 Å². The van der Waals surface area contributed by atoms with Gasteiger partial charge in [-0.1, -0.05) is 30.3 Å². The summed E-state index contributed by atoms with van der Waals surface area (Å²) in [5.74, 6) is 0.517. The highest BCUT2D eigenvalue weighted by Gasteiger charge is 2.24. The molecule has 1 heterocycles. The first kappa shape index (κ1) is 21.6. The maximum Gasteiger partial charge on any atom is 0.341 e. The molecule has 0 atom stereocenters. The van der Waals surface area contributed by atoms with Crippen molar-refractivity contribution in [2.45, 2.75) is 13.8 Å². The summed E-state index contributed by atoms with van der Waals surface area (Å²) in [7, 11) is 1.65. The third-order valence-corrected chi connectivity index (χ3v) is 6.15. The molecule has 1 N–H and O–H groups in total. The van der Waals surface area contributed by atoms with Crippen molar-refractivity contribution < 1.29 is 19.4 Å². The Morgan fingerprint density at radius 1 is 1.09 bits per heavy atom. The molecule has 4 aromatic rings. The lowest BCUT2D eigenvalue weighted by Crippen LogP contribution is -2.05. The van der Waals surface area contributed by atoms with Crippen LogP contribution in [0.15, 0.2) is 65.7 Å². The number of carbonyl (C=O) groups is 1. The fourth-order valence-corrected chi connectivity index (χ4v) is 4.60. The van der Waals surface area contributed by atoms with Crippen LogP contribution in [0.25, 0.3) is 21.9 Å². The lowest BCUT2D eigenvalue weighted by Gasteiger charge is -2.09. The number of aliphatic imine (C=N–C) groups is 1. The Bertz CT molecular complexity index is 1320. The molecule has 0 aliphatic rings. The Hall–Kier alpha value is -3.64. The van der Waals surface area contributed by atoms with E-state index in [0.717, 1.165) is 32.5 Å². The molecule has 3 aromatic carbocycles. The number of hydrogen-bond acceptors (Lipinski definition) is 6. The fraction of sp³-hybridized carbons (Fsp3) is 0.154. The van der Waals surface area contributed by atoms with E-state index in [2.05, 4.69) is 11.1 Å². The number of rotatable bonds is 6. The molecule has 4 rings (SSSR count). The van der Waals surface area contributed by atoms with Crippen LogP contribution in [0.1, 0.15) is 27.7 Å². The Balaban J connectivity index is 1.84. The molecule has 0 aliphatic carbocycles. The summed E-state index contributed by atoms with van der Waals surface area (Å²) in [6.07, 6.45) is 1.57. The van der Waals surface area contributed by atoms with Crippen molar-refractivity contribution in [3.8, 4) is 22.6 Å². The average Bonchev–Trinajstić information content (AvgIpc) is 3.14. The van der Waals surface area contributed by atoms with E-state index >= 15 is 0 Å². The van der Waals surface area contributed by atoms with Crippen molar-refractivity contribution in [3.05, 3.63) is 76.7 Å². The molecule has 162 valence electrons. The van der Waals surface area contributed by atoms with Crippen LogP contribution in [-0.4, -0.2) is 31.0 Å². The molecule has 0 aliphatic heterocycles. The minimum absolute atomic E-state index is 0.132. The summed E-state index contributed by atoms with van der Waals surface area (Å²) in [5, 5.41) is 12.7.